The van der Waals surface area contributed by atoms with E-state index in [1.165, 1.54) is 0 Å². The van der Waals surface area contributed by atoms with E-state index in [1.54, 1.807) is 4.90 Å². The predicted molar refractivity (Wildman–Crippen MR) is 71.2 cm³/mol. The number of carbonyl (C=O) groups is 1. The number of hydrogen-bond acceptors (Lipinski definition) is 3. The molecule has 0 heterocycles. The summed E-state index contributed by atoms with van der Waals surface area (Å²) in [4.78, 5) is 13.8. The summed E-state index contributed by atoms with van der Waals surface area (Å²) in [7, 11) is 1.90. The molecule has 0 saturated heterocycles. The molecule has 0 aromatic heterocycles. The predicted octanol–water partition coefficient (Wildman–Crippen LogP) is 2.63. The number of carbonyl (C=O) groups excluding carboxylic acids is 1. The van der Waals surface area contributed by atoms with Crippen molar-refractivity contribution in [2.24, 2.45) is 0 Å². The smallest absolute Gasteiger partial charge is 0.410 e. The van der Waals surface area contributed by atoms with Gasteiger partial charge in [0.05, 0.1) is 0 Å². The van der Waals surface area contributed by atoms with Crippen molar-refractivity contribution in [2.75, 3.05) is 13.6 Å². The Morgan fingerprint density at radius 1 is 1.24 bits per heavy atom. The van der Waals surface area contributed by atoms with Crippen LogP contribution >= 0.6 is 0 Å². The Balaban J connectivity index is 4.70. The lowest BCUT2D eigenvalue weighted by atomic mass is 10.0. The molecule has 0 unspecified atom stereocenters. The summed E-state index contributed by atoms with van der Waals surface area (Å²) in [6.07, 6.45) is -0.254. The highest BCUT2D eigenvalue weighted by atomic mass is 16.6. The quantitative estimate of drug-likeness (QED) is 0.826. The summed E-state index contributed by atoms with van der Waals surface area (Å²) in [5.41, 5.74) is -0.574. The minimum atomic E-state index is -0.450. The standard InChI is InChI=1S/C13H28N2O2/c1-10(2)15(9-13(6,7)14-8)11(16)17-12(3,4)5/h10,14H,9H2,1-8H3. The molecule has 0 bridgehead atoms. The Bertz CT molecular complexity index is 255. The first-order chi connectivity index (χ1) is 7.48. The normalized spacial score (nSPS) is 12.8. The Morgan fingerprint density at radius 3 is 2.00 bits per heavy atom. The van der Waals surface area contributed by atoms with Crippen LogP contribution in [0.4, 0.5) is 4.79 Å². The number of hydrogen-bond donors (Lipinski definition) is 1. The highest BCUT2D eigenvalue weighted by Gasteiger charge is 2.28. The van der Waals surface area contributed by atoms with E-state index in [4.69, 9.17) is 4.74 Å². The molecular weight excluding hydrogens is 216 g/mol. The summed E-state index contributed by atoms with van der Waals surface area (Å²) >= 11 is 0. The third kappa shape index (κ3) is 6.51. The SMILES string of the molecule is CNC(C)(C)CN(C(=O)OC(C)(C)C)C(C)C. The van der Waals surface area contributed by atoms with Crippen LogP contribution in [0.2, 0.25) is 0 Å². The minimum absolute atomic E-state index is 0.123. The van der Waals surface area contributed by atoms with Crippen molar-refractivity contribution in [3.05, 3.63) is 0 Å². The molecular formula is C13H28N2O2. The van der Waals surface area contributed by atoms with Crippen molar-refractivity contribution in [2.45, 2.75) is 65.6 Å². The summed E-state index contributed by atoms with van der Waals surface area (Å²) in [6.45, 7) is 14.4. The van der Waals surface area contributed by atoms with Crippen LogP contribution < -0.4 is 5.32 Å². The van der Waals surface area contributed by atoms with E-state index < -0.39 is 5.60 Å². The van der Waals surface area contributed by atoms with Gasteiger partial charge in [-0.2, -0.15) is 0 Å². The molecule has 0 aromatic rings. The van der Waals surface area contributed by atoms with Crippen molar-refractivity contribution in [3.8, 4) is 0 Å². The van der Waals surface area contributed by atoms with E-state index in [2.05, 4.69) is 19.2 Å². The number of nitrogens with zero attached hydrogens (tertiary/aromatic N) is 1. The van der Waals surface area contributed by atoms with E-state index in [9.17, 15) is 4.79 Å². The molecule has 0 saturated carbocycles. The molecule has 0 spiro atoms. The first-order valence-corrected chi connectivity index (χ1v) is 6.17. The van der Waals surface area contributed by atoms with Crippen LogP contribution in [-0.4, -0.2) is 41.8 Å². The third-order valence-electron chi connectivity index (χ3n) is 2.49. The average molecular weight is 244 g/mol. The zero-order valence-corrected chi connectivity index (χ0v) is 12.5. The lowest BCUT2D eigenvalue weighted by Crippen LogP contribution is -2.52. The molecule has 1 N–H and O–H groups in total. The maximum atomic E-state index is 12.1. The molecule has 0 fully saturated rings. The Morgan fingerprint density at radius 2 is 1.71 bits per heavy atom. The fraction of sp³-hybridized carbons (Fsp3) is 0.923. The Hall–Kier alpha value is -0.770. The van der Waals surface area contributed by atoms with Crippen LogP contribution in [0.15, 0.2) is 0 Å². The molecule has 0 aliphatic carbocycles. The molecule has 0 radical (unpaired) electrons. The second-order valence-corrected chi connectivity index (χ2v) is 6.34. The molecule has 102 valence electrons. The number of ether oxygens (including phenoxy) is 1. The van der Waals surface area contributed by atoms with Gasteiger partial charge in [-0.05, 0) is 55.5 Å². The molecule has 0 aromatic carbocycles. The van der Waals surface area contributed by atoms with Crippen molar-refractivity contribution in [1.29, 1.82) is 0 Å². The van der Waals surface area contributed by atoms with Crippen molar-refractivity contribution < 1.29 is 9.53 Å². The van der Waals surface area contributed by atoms with Crippen molar-refractivity contribution >= 4 is 6.09 Å². The first-order valence-electron chi connectivity index (χ1n) is 6.17. The fourth-order valence-electron chi connectivity index (χ4n) is 1.28. The highest BCUT2D eigenvalue weighted by molar-refractivity contribution is 5.68. The number of nitrogens with one attached hydrogen (secondary N) is 1. The van der Waals surface area contributed by atoms with Crippen LogP contribution in [0.3, 0.4) is 0 Å². The topological polar surface area (TPSA) is 41.6 Å². The van der Waals surface area contributed by atoms with Crippen LogP contribution in [0.25, 0.3) is 0 Å². The number of amides is 1. The van der Waals surface area contributed by atoms with Gasteiger partial charge < -0.3 is 15.0 Å². The van der Waals surface area contributed by atoms with Gasteiger partial charge >= 0.3 is 6.09 Å². The van der Waals surface area contributed by atoms with E-state index in [0.29, 0.717) is 6.54 Å². The monoisotopic (exact) mass is 244 g/mol. The number of likely N-dealkylation sites (N-methyl/N-ethyl adjacent to an activating group) is 1. The molecule has 0 atom stereocenters. The van der Waals surface area contributed by atoms with Gasteiger partial charge in [-0.3, -0.25) is 0 Å². The van der Waals surface area contributed by atoms with Crippen molar-refractivity contribution in [3.63, 3.8) is 0 Å². The van der Waals surface area contributed by atoms with Gasteiger partial charge in [-0.25, -0.2) is 4.79 Å². The van der Waals surface area contributed by atoms with Crippen LogP contribution in [0, 0.1) is 0 Å². The van der Waals surface area contributed by atoms with Gasteiger partial charge in [0, 0.05) is 18.1 Å². The molecule has 4 heteroatoms. The summed E-state index contributed by atoms with van der Waals surface area (Å²) in [5, 5.41) is 3.19. The van der Waals surface area contributed by atoms with Gasteiger partial charge in [0.2, 0.25) is 0 Å². The third-order valence-corrected chi connectivity index (χ3v) is 2.49. The second-order valence-electron chi connectivity index (χ2n) is 6.34. The zero-order valence-electron chi connectivity index (χ0n) is 12.5. The maximum Gasteiger partial charge on any atom is 0.410 e. The lowest BCUT2D eigenvalue weighted by molar-refractivity contribution is 0.0141. The first kappa shape index (κ1) is 16.2. The van der Waals surface area contributed by atoms with E-state index in [0.717, 1.165) is 0 Å². The summed E-state index contributed by atoms with van der Waals surface area (Å²) in [5.74, 6) is 0. The Labute approximate surface area is 106 Å². The van der Waals surface area contributed by atoms with Gasteiger partial charge in [-0.15, -0.1) is 0 Å². The summed E-state index contributed by atoms with van der Waals surface area (Å²) in [6, 6.07) is 0.123. The lowest BCUT2D eigenvalue weighted by Gasteiger charge is -2.36. The van der Waals surface area contributed by atoms with E-state index in [-0.39, 0.29) is 17.7 Å². The molecule has 0 rings (SSSR count). The number of rotatable bonds is 4. The van der Waals surface area contributed by atoms with Gasteiger partial charge in [-0.1, -0.05) is 0 Å². The van der Waals surface area contributed by atoms with E-state index in [1.807, 2.05) is 41.7 Å². The second kappa shape index (κ2) is 5.71. The zero-order chi connectivity index (χ0) is 13.9. The summed E-state index contributed by atoms with van der Waals surface area (Å²) < 4.78 is 5.41. The molecule has 0 aliphatic rings. The highest BCUT2D eigenvalue weighted by Crippen LogP contribution is 2.14. The van der Waals surface area contributed by atoms with Gasteiger partial charge in [0.25, 0.3) is 0 Å². The van der Waals surface area contributed by atoms with E-state index >= 15 is 0 Å². The molecule has 1 amide bonds. The van der Waals surface area contributed by atoms with Crippen LogP contribution in [0.1, 0.15) is 48.5 Å². The van der Waals surface area contributed by atoms with Gasteiger partial charge in [0.1, 0.15) is 5.60 Å². The molecule has 4 nitrogen and oxygen atoms in total. The van der Waals surface area contributed by atoms with Crippen LogP contribution in [0.5, 0.6) is 0 Å². The van der Waals surface area contributed by atoms with Crippen molar-refractivity contribution in [1.82, 2.24) is 10.2 Å². The molecule has 0 aliphatic heterocycles. The van der Waals surface area contributed by atoms with Crippen LogP contribution in [-0.2, 0) is 4.74 Å². The largest absolute Gasteiger partial charge is 0.444 e. The fourth-order valence-corrected chi connectivity index (χ4v) is 1.28. The average Bonchev–Trinajstić information content (AvgIpc) is 2.11. The maximum absolute atomic E-state index is 12.1. The molecule has 17 heavy (non-hydrogen) atoms. The van der Waals surface area contributed by atoms with Gasteiger partial charge in [0.15, 0.2) is 0 Å². The Kier molecular flexibility index (Phi) is 5.46. The minimum Gasteiger partial charge on any atom is -0.444 e.